The second kappa shape index (κ2) is 3.95. The quantitative estimate of drug-likeness (QED) is 0.654. The molecule has 0 aliphatic rings. The van der Waals surface area contributed by atoms with E-state index in [-0.39, 0.29) is 0 Å². The van der Waals surface area contributed by atoms with Crippen LogP contribution in [0.15, 0.2) is 18.5 Å². The van der Waals surface area contributed by atoms with E-state index in [1.54, 1.807) is 12.4 Å². The van der Waals surface area contributed by atoms with Gasteiger partial charge in [0.05, 0.1) is 6.20 Å². The van der Waals surface area contributed by atoms with Gasteiger partial charge >= 0.3 is 0 Å². The lowest BCUT2D eigenvalue weighted by molar-refractivity contribution is 0.821. The number of rotatable bonds is 3. The Kier molecular flexibility index (Phi) is 2.83. The van der Waals surface area contributed by atoms with Gasteiger partial charge in [0, 0.05) is 6.20 Å². The van der Waals surface area contributed by atoms with Gasteiger partial charge in [-0.3, -0.25) is 0 Å². The Labute approximate surface area is 60.3 Å². The molecule has 3 heteroatoms. The van der Waals surface area contributed by atoms with Gasteiger partial charge in [-0.25, -0.2) is 0 Å². The predicted molar refractivity (Wildman–Crippen MR) is 39.4 cm³/mol. The first-order chi connectivity index (χ1) is 4.93. The van der Waals surface area contributed by atoms with Crippen LogP contribution in [-0.4, -0.2) is 16.7 Å². The van der Waals surface area contributed by atoms with Crippen molar-refractivity contribution in [3.05, 3.63) is 24.0 Å². The molecule has 54 valence electrons. The van der Waals surface area contributed by atoms with Crippen LogP contribution in [0.2, 0.25) is 0 Å². The first-order valence-corrected chi connectivity index (χ1v) is 3.39. The van der Waals surface area contributed by atoms with E-state index in [0.717, 1.165) is 19.4 Å². The number of aromatic nitrogens is 2. The molecule has 0 saturated carbocycles. The molecule has 0 spiro atoms. The SMILES string of the molecule is NCCCc1ccnnc1. The third kappa shape index (κ3) is 2.11. The van der Waals surface area contributed by atoms with E-state index in [9.17, 15) is 0 Å². The fourth-order valence-corrected chi connectivity index (χ4v) is 0.772. The van der Waals surface area contributed by atoms with Crippen LogP contribution in [0.1, 0.15) is 12.0 Å². The summed E-state index contributed by atoms with van der Waals surface area (Å²) in [4.78, 5) is 0. The Morgan fingerprint density at radius 3 is 2.90 bits per heavy atom. The van der Waals surface area contributed by atoms with E-state index >= 15 is 0 Å². The zero-order chi connectivity index (χ0) is 7.23. The van der Waals surface area contributed by atoms with Crippen molar-refractivity contribution in [2.75, 3.05) is 6.54 Å². The molecule has 0 aromatic carbocycles. The molecule has 0 amide bonds. The van der Waals surface area contributed by atoms with Crippen molar-refractivity contribution in [1.82, 2.24) is 10.2 Å². The van der Waals surface area contributed by atoms with Gasteiger partial charge in [0.1, 0.15) is 0 Å². The van der Waals surface area contributed by atoms with Crippen LogP contribution in [0.4, 0.5) is 0 Å². The Bertz CT molecular complexity index is 173. The van der Waals surface area contributed by atoms with Crippen LogP contribution < -0.4 is 5.73 Å². The summed E-state index contributed by atoms with van der Waals surface area (Å²) in [6, 6.07) is 1.96. The molecule has 0 aliphatic heterocycles. The third-order valence-corrected chi connectivity index (χ3v) is 1.32. The minimum atomic E-state index is 0.738. The highest BCUT2D eigenvalue weighted by atomic mass is 15.1. The van der Waals surface area contributed by atoms with E-state index in [2.05, 4.69) is 10.2 Å². The second-order valence-corrected chi connectivity index (χ2v) is 2.14. The third-order valence-electron chi connectivity index (χ3n) is 1.32. The smallest absolute Gasteiger partial charge is 0.0528 e. The summed E-state index contributed by atoms with van der Waals surface area (Å²) in [6.07, 6.45) is 5.50. The molecule has 10 heavy (non-hydrogen) atoms. The van der Waals surface area contributed by atoms with Crippen molar-refractivity contribution in [2.45, 2.75) is 12.8 Å². The minimum Gasteiger partial charge on any atom is -0.330 e. The summed E-state index contributed by atoms with van der Waals surface area (Å²) in [5, 5.41) is 7.42. The maximum atomic E-state index is 5.34. The molecule has 1 rings (SSSR count). The van der Waals surface area contributed by atoms with Gasteiger partial charge in [0.25, 0.3) is 0 Å². The van der Waals surface area contributed by atoms with Crippen molar-refractivity contribution >= 4 is 0 Å². The molecule has 0 bridgehead atoms. The molecule has 3 nitrogen and oxygen atoms in total. The molecule has 0 saturated heterocycles. The number of hydrogen-bond donors (Lipinski definition) is 1. The van der Waals surface area contributed by atoms with Crippen molar-refractivity contribution < 1.29 is 0 Å². The molecular formula is C7H11N3. The van der Waals surface area contributed by atoms with Crippen molar-refractivity contribution in [3.8, 4) is 0 Å². The van der Waals surface area contributed by atoms with E-state index in [4.69, 9.17) is 5.73 Å². The van der Waals surface area contributed by atoms with E-state index < -0.39 is 0 Å². The fourth-order valence-electron chi connectivity index (χ4n) is 0.772. The first-order valence-electron chi connectivity index (χ1n) is 3.39. The molecule has 0 aliphatic carbocycles. The monoisotopic (exact) mass is 137 g/mol. The van der Waals surface area contributed by atoms with Gasteiger partial charge in [-0.05, 0) is 31.0 Å². The Morgan fingerprint density at radius 1 is 1.40 bits per heavy atom. The molecular weight excluding hydrogens is 126 g/mol. The molecule has 0 atom stereocenters. The Balaban J connectivity index is 2.43. The minimum absolute atomic E-state index is 0.738. The van der Waals surface area contributed by atoms with Gasteiger partial charge in [0.2, 0.25) is 0 Å². The molecule has 0 radical (unpaired) electrons. The average Bonchev–Trinajstić information content (AvgIpc) is 2.03. The Hall–Kier alpha value is -0.960. The molecule has 1 aromatic rings. The number of nitrogens with two attached hydrogens (primary N) is 1. The largest absolute Gasteiger partial charge is 0.330 e. The number of nitrogens with zero attached hydrogens (tertiary/aromatic N) is 2. The average molecular weight is 137 g/mol. The second-order valence-electron chi connectivity index (χ2n) is 2.14. The lowest BCUT2D eigenvalue weighted by Gasteiger charge is -1.95. The van der Waals surface area contributed by atoms with E-state index in [0.29, 0.717) is 0 Å². The summed E-state index contributed by atoms with van der Waals surface area (Å²) in [5.74, 6) is 0. The van der Waals surface area contributed by atoms with Crippen LogP contribution in [0.3, 0.4) is 0 Å². The van der Waals surface area contributed by atoms with Crippen molar-refractivity contribution in [2.24, 2.45) is 5.73 Å². The van der Waals surface area contributed by atoms with Gasteiger partial charge in [-0.1, -0.05) is 0 Å². The normalized spacial score (nSPS) is 9.70. The predicted octanol–water partition coefficient (Wildman–Crippen LogP) is 0.368. The van der Waals surface area contributed by atoms with Crippen LogP contribution >= 0.6 is 0 Å². The van der Waals surface area contributed by atoms with Crippen LogP contribution in [0, 0.1) is 0 Å². The summed E-state index contributed by atoms with van der Waals surface area (Å²) >= 11 is 0. The van der Waals surface area contributed by atoms with Crippen LogP contribution in [0.5, 0.6) is 0 Å². The van der Waals surface area contributed by atoms with Gasteiger partial charge in [-0.15, -0.1) is 0 Å². The van der Waals surface area contributed by atoms with E-state index in [1.165, 1.54) is 5.56 Å². The van der Waals surface area contributed by atoms with Crippen LogP contribution in [0.25, 0.3) is 0 Å². The molecule has 0 fully saturated rings. The topological polar surface area (TPSA) is 51.8 Å². The maximum absolute atomic E-state index is 5.34. The molecule has 1 aromatic heterocycles. The van der Waals surface area contributed by atoms with Gasteiger partial charge in [-0.2, -0.15) is 10.2 Å². The molecule has 1 heterocycles. The Morgan fingerprint density at radius 2 is 2.30 bits per heavy atom. The standard InChI is InChI=1S/C7H11N3/c8-4-1-2-7-3-5-9-10-6-7/h3,5-6H,1-2,4,8H2. The summed E-state index contributed by atoms with van der Waals surface area (Å²) < 4.78 is 0. The lowest BCUT2D eigenvalue weighted by atomic mass is 10.2. The highest BCUT2D eigenvalue weighted by Gasteiger charge is 1.89. The van der Waals surface area contributed by atoms with Crippen molar-refractivity contribution in [1.29, 1.82) is 0 Å². The van der Waals surface area contributed by atoms with E-state index in [1.807, 2.05) is 6.07 Å². The highest BCUT2D eigenvalue weighted by Crippen LogP contribution is 1.96. The summed E-state index contributed by atoms with van der Waals surface area (Å²) in [7, 11) is 0. The number of hydrogen-bond acceptors (Lipinski definition) is 3. The maximum Gasteiger partial charge on any atom is 0.0528 e. The highest BCUT2D eigenvalue weighted by molar-refractivity contribution is 5.04. The zero-order valence-corrected chi connectivity index (χ0v) is 5.83. The number of aryl methyl sites for hydroxylation is 1. The van der Waals surface area contributed by atoms with Crippen LogP contribution in [-0.2, 0) is 6.42 Å². The molecule has 0 unspecified atom stereocenters. The van der Waals surface area contributed by atoms with Crippen molar-refractivity contribution in [3.63, 3.8) is 0 Å². The summed E-state index contributed by atoms with van der Waals surface area (Å²) in [5.41, 5.74) is 6.55. The zero-order valence-electron chi connectivity index (χ0n) is 5.83. The van der Waals surface area contributed by atoms with Gasteiger partial charge in [0.15, 0.2) is 0 Å². The molecule has 2 N–H and O–H groups in total. The van der Waals surface area contributed by atoms with Gasteiger partial charge < -0.3 is 5.73 Å². The first kappa shape index (κ1) is 7.15. The summed E-state index contributed by atoms with van der Waals surface area (Å²) in [6.45, 7) is 0.738. The fraction of sp³-hybridized carbons (Fsp3) is 0.429. The lowest BCUT2D eigenvalue weighted by Crippen LogP contribution is -2.00.